The first-order valence-electron chi connectivity index (χ1n) is 6.06. The van der Waals surface area contributed by atoms with E-state index in [1.165, 1.54) is 17.8 Å². The molecule has 4 nitrogen and oxygen atoms in total. The van der Waals surface area contributed by atoms with E-state index in [9.17, 15) is 4.39 Å². The molecule has 0 heterocycles. The van der Waals surface area contributed by atoms with Gasteiger partial charge in [0, 0.05) is 23.4 Å². The van der Waals surface area contributed by atoms with E-state index in [-0.39, 0.29) is 5.82 Å². The molecule has 108 valence electrons. The van der Waals surface area contributed by atoms with E-state index in [1.807, 2.05) is 0 Å². The highest BCUT2D eigenvalue weighted by Crippen LogP contribution is 2.23. The number of methoxy groups -OCH3 is 1. The minimum Gasteiger partial charge on any atom is -0.399 e. The van der Waals surface area contributed by atoms with Crippen LogP contribution in [0.3, 0.4) is 0 Å². The van der Waals surface area contributed by atoms with Gasteiger partial charge in [0.1, 0.15) is 5.82 Å². The maximum absolute atomic E-state index is 13.4. The maximum atomic E-state index is 13.4. The van der Waals surface area contributed by atoms with Gasteiger partial charge in [0.2, 0.25) is 0 Å². The summed E-state index contributed by atoms with van der Waals surface area (Å²) < 4.78 is 28.9. The molecule has 0 saturated carbocycles. The topological polar surface area (TPSA) is 53.7 Å². The Balaban J connectivity index is 2.01. The van der Waals surface area contributed by atoms with E-state index < -0.39 is 0 Å². The van der Waals surface area contributed by atoms with Crippen molar-refractivity contribution >= 4 is 17.4 Å². The van der Waals surface area contributed by atoms with Gasteiger partial charge in [-0.3, -0.25) is 0 Å². The summed E-state index contributed by atoms with van der Waals surface area (Å²) >= 11 is 1.41. The van der Waals surface area contributed by atoms with Crippen molar-refractivity contribution < 1.29 is 18.6 Å². The van der Waals surface area contributed by atoms with Gasteiger partial charge in [-0.2, -0.15) is 0 Å². The average molecular weight is 289 g/mol. The fraction of sp³-hybridized carbons (Fsp3) is 0.538. The molecule has 2 N–H and O–H groups in total. The summed E-state index contributed by atoms with van der Waals surface area (Å²) in [6.45, 7) is 2.80. The summed E-state index contributed by atoms with van der Waals surface area (Å²) in [5, 5.41) is 0. The van der Waals surface area contributed by atoms with E-state index in [1.54, 1.807) is 19.2 Å². The van der Waals surface area contributed by atoms with Crippen molar-refractivity contribution in [2.75, 3.05) is 51.6 Å². The SMILES string of the molecule is COCCOCCOCCSc1ccc(N)cc1F. The Bertz CT molecular complexity index is 366. The number of rotatable bonds is 10. The zero-order valence-corrected chi connectivity index (χ0v) is 11.9. The molecular weight excluding hydrogens is 269 g/mol. The van der Waals surface area contributed by atoms with Gasteiger partial charge in [-0.05, 0) is 18.2 Å². The lowest BCUT2D eigenvalue weighted by molar-refractivity contribution is 0.0286. The normalized spacial score (nSPS) is 10.8. The summed E-state index contributed by atoms with van der Waals surface area (Å²) in [5.74, 6) is 0.409. The second kappa shape index (κ2) is 10.0. The van der Waals surface area contributed by atoms with Gasteiger partial charge in [0.15, 0.2) is 0 Å². The predicted molar refractivity (Wildman–Crippen MR) is 75.1 cm³/mol. The van der Waals surface area contributed by atoms with Gasteiger partial charge in [0.05, 0.1) is 33.0 Å². The molecule has 0 aliphatic carbocycles. The maximum Gasteiger partial charge on any atom is 0.138 e. The molecule has 0 aromatic heterocycles. The van der Waals surface area contributed by atoms with Crippen molar-refractivity contribution in [3.8, 4) is 0 Å². The molecule has 6 heteroatoms. The van der Waals surface area contributed by atoms with Gasteiger partial charge < -0.3 is 19.9 Å². The van der Waals surface area contributed by atoms with Crippen LogP contribution < -0.4 is 5.73 Å². The lowest BCUT2D eigenvalue weighted by Gasteiger charge is -2.06. The Morgan fingerprint density at radius 3 is 2.47 bits per heavy atom. The molecule has 0 radical (unpaired) electrons. The molecule has 0 spiro atoms. The molecule has 0 bridgehead atoms. The molecule has 0 atom stereocenters. The molecule has 0 saturated heterocycles. The van der Waals surface area contributed by atoms with Crippen molar-refractivity contribution in [1.29, 1.82) is 0 Å². The van der Waals surface area contributed by atoms with Crippen LogP contribution in [-0.2, 0) is 14.2 Å². The number of thioether (sulfide) groups is 1. The van der Waals surface area contributed by atoms with Crippen LogP contribution in [0.15, 0.2) is 23.1 Å². The Morgan fingerprint density at radius 2 is 1.79 bits per heavy atom. The van der Waals surface area contributed by atoms with E-state index in [0.717, 1.165) is 0 Å². The van der Waals surface area contributed by atoms with Gasteiger partial charge >= 0.3 is 0 Å². The van der Waals surface area contributed by atoms with Gasteiger partial charge in [0.25, 0.3) is 0 Å². The predicted octanol–water partition coefficient (Wildman–Crippen LogP) is 2.18. The zero-order valence-electron chi connectivity index (χ0n) is 11.1. The van der Waals surface area contributed by atoms with Crippen LogP contribution in [0.5, 0.6) is 0 Å². The zero-order chi connectivity index (χ0) is 13.9. The molecule has 0 fully saturated rings. The van der Waals surface area contributed by atoms with Crippen LogP contribution >= 0.6 is 11.8 Å². The lowest BCUT2D eigenvalue weighted by atomic mass is 10.3. The van der Waals surface area contributed by atoms with E-state index in [0.29, 0.717) is 49.4 Å². The number of halogens is 1. The molecule has 19 heavy (non-hydrogen) atoms. The summed E-state index contributed by atoms with van der Waals surface area (Å²) in [6.07, 6.45) is 0. The lowest BCUT2D eigenvalue weighted by Crippen LogP contribution is -2.09. The molecular formula is C13H20FNO3S. The summed E-state index contributed by atoms with van der Waals surface area (Å²) in [4.78, 5) is 0.592. The van der Waals surface area contributed by atoms with Crippen LogP contribution in [0.25, 0.3) is 0 Å². The number of ether oxygens (including phenoxy) is 3. The number of nitrogens with two attached hydrogens (primary N) is 1. The third kappa shape index (κ3) is 7.37. The van der Waals surface area contributed by atoms with Crippen molar-refractivity contribution in [2.24, 2.45) is 0 Å². The Morgan fingerprint density at radius 1 is 1.11 bits per heavy atom. The number of benzene rings is 1. The minimum absolute atomic E-state index is 0.284. The molecule has 1 aromatic rings. The Hall–Kier alpha value is -0.820. The smallest absolute Gasteiger partial charge is 0.138 e. The third-order valence-electron chi connectivity index (χ3n) is 2.24. The van der Waals surface area contributed by atoms with Crippen LogP contribution in [0, 0.1) is 5.82 Å². The molecule has 0 unspecified atom stereocenters. The van der Waals surface area contributed by atoms with E-state index >= 15 is 0 Å². The van der Waals surface area contributed by atoms with Crippen molar-refractivity contribution in [1.82, 2.24) is 0 Å². The number of anilines is 1. The largest absolute Gasteiger partial charge is 0.399 e. The summed E-state index contributed by atoms with van der Waals surface area (Å²) in [7, 11) is 1.63. The highest BCUT2D eigenvalue weighted by atomic mass is 32.2. The highest BCUT2D eigenvalue weighted by Gasteiger charge is 2.02. The van der Waals surface area contributed by atoms with E-state index in [4.69, 9.17) is 19.9 Å². The summed E-state index contributed by atoms with van der Waals surface area (Å²) in [6, 6.07) is 4.70. The van der Waals surface area contributed by atoms with Crippen LogP contribution in [0.1, 0.15) is 0 Å². The second-order valence-electron chi connectivity index (χ2n) is 3.76. The first-order valence-corrected chi connectivity index (χ1v) is 7.05. The number of hydrogen-bond acceptors (Lipinski definition) is 5. The first-order chi connectivity index (χ1) is 9.24. The molecule has 0 aliphatic rings. The van der Waals surface area contributed by atoms with Crippen molar-refractivity contribution in [3.63, 3.8) is 0 Å². The standard InChI is InChI=1S/C13H20FNO3S/c1-16-4-5-17-6-7-18-8-9-19-13-3-2-11(15)10-12(13)14/h2-3,10H,4-9,15H2,1H3. The van der Waals surface area contributed by atoms with Crippen LogP contribution in [-0.4, -0.2) is 45.9 Å². The van der Waals surface area contributed by atoms with E-state index in [2.05, 4.69) is 0 Å². The number of nitrogen functional groups attached to an aromatic ring is 1. The van der Waals surface area contributed by atoms with Crippen LogP contribution in [0.2, 0.25) is 0 Å². The third-order valence-corrected chi connectivity index (χ3v) is 3.26. The van der Waals surface area contributed by atoms with Crippen molar-refractivity contribution in [2.45, 2.75) is 4.90 Å². The molecule has 0 amide bonds. The Kier molecular flexibility index (Phi) is 8.57. The van der Waals surface area contributed by atoms with Gasteiger partial charge in [-0.25, -0.2) is 4.39 Å². The minimum atomic E-state index is -0.284. The van der Waals surface area contributed by atoms with Gasteiger partial charge in [-0.15, -0.1) is 11.8 Å². The van der Waals surface area contributed by atoms with Crippen molar-refractivity contribution in [3.05, 3.63) is 24.0 Å². The quantitative estimate of drug-likeness (QED) is 0.406. The Labute approximate surface area is 117 Å². The van der Waals surface area contributed by atoms with Gasteiger partial charge in [-0.1, -0.05) is 0 Å². The highest BCUT2D eigenvalue weighted by molar-refractivity contribution is 7.99. The summed E-state index contributed by atoms with van der Waals surface area (Å²) in [5.41, 5.74) is 5.91. The first kappa shape index (κ1) is 16.2. The molecule has 0 aliphatic heterocycles. The monoisotopic (exact) mass is 289 g/mol. The fourth-order valence-electron chi connectivity index (χ4n) is 1.31. The fourth-order valence-corrected chi connectivity index (χ4v) is 2.09. The second-order valence-corrected chi connectivity index (χ2v) is 4.89. The molecule has 1 rings (SSSR count). The number of hydrogen-bond donors (Lipinski definition) is 1. The average Bonchev–Trinajstić information content (AvgIpc) is 2.39. The van der Waals surface area contributed by atoms with Crippen LogP contribution in [0.4, 0.5) is 10.1 Å². The molecule has 1 aromatic carbocycles.